The molecule has 2 aromatic rings. The summed E-state index contributed by atoms with van der Waals surface area (Å²) in [7, 11) is 4.75. The van der Waals surface area contributed by atoms with E-state index in [4.69, 9.17) is 25.8 Å². The molecule has 31 heavy (non-hydrogen) atoms. The highest BCUT2D eigenvalue weighted by molar-refractivity contribution is 6.32. The van der Waals surface area contributed by atoms with Crippen molar-refractivity contribution in [3.8, 4) is 17.2 Å². The number of fused-ring (bicyclic) bond motifs is 1. The first-order valence-corrected chi connectivity index (χ1v) is 10.5. The van der Waals surface area contributed by atoms with Gasteiger partial charge in [-0.25, -0.2) is 0 Å². The highest BCUT2D eigenvalue weighted by atomic mass is 35.5. The molecule has 0 spiro atoms. The van der Waals surface area contributed by atoms with Crippen molar-refractivity contribution < 1.29 is 23.8 Å². The van der Waals surface area contributed by atoms with Crippen LogP contribution in [0.15, 0.2) is 30.3 Å². The Morgan fingerprint density at radius 3 is 2.32 bits per heavy atom. The predicted molar refractivity (Wildman–Crippen MR) is 117 cm³/mol. The van der Waals surface area contributed by atoms with Gasteiger partial charge in [0.2, 0.25) is 11.8 Å². The van der Waals surface area contributed by atoms with Gasteiger partial charge >= 0.3 is 0 Å². The molecule has 2 amide bonds. The minimum atomic E-state index is -0.380. The fraction of sp³-hybridized carbons (Fsp3) is 0.391. The first-order valence-electron chi connectivity index (χ1n) is 10.1. The maximum atomic E-state index is 13.2. The number of benzene rings is 2. The summed E-state index contributed by atoms with van der Waals surface area (Å²) in [6, 6.07) is 9.11. The number of carbonyl (C=O) groups excluding carboxylic acids is 2. The molecule has 2 aromatic carbocycles. The van der Waals surface area contributed by atoms with E-state index in [1.54, 1.807) is 44.4 Å². The molecule has 2 heterocycles. The predicted octanol–water partition coefficient (Wildman–Crippen LogP) is 3.30. The zero-order valence-electron chi connectivity index (χ0n) is 17.8. The topological polar surface area (TPSA) is 68.3 Å². The van der Waals surface area contributed by atoms with Gasteiger partial charge in [-0.15, -0.1) is 0 Å². The molecule has 1 saturated heterocycles. The Morgan fingerprint density at radius 1 is 1.00 bits per heavy atom. The van der Waals surface area contributed by atoms with Crippen molar-refractivity contribution in [1.29, 1.82) is 0 Å². The van der Waals surface area contributed by atoms with E-state index in [9.17, 15) is 9.59 Å². The van der Waals surface area contributed by atoms with Gasteiger partial charge in [-0.3, -0.25) is 9.59 Å². The van der Waals surface area contributed by atoms with E-state index in [1.807, 2.05) is 17.0 Å². The van der Waals surface area contributed by atoms with Gasteiger partial charge in [0.15, 0.2) is 11.5 Å². The molecule has 0 radical (unpaired) electrons. The number of hydrogen-bond donors (Lipinski definition) is 0. The maximum absolute atomic E-state index is 13.2. The van der Waals surface area contributed by atoms with Crippen molar-refractivity contribution in [3.63, 3.8) is 0 Å². The Labute approximate surface area is 186 Å². The number of ether oxygens (including phenoxy) is 3. The lowest BCUT2D eigenvalue weighted by molar-refractivity contribution is -0.136. The molecule has 0 saturated carbocycles. The third kappa shape index (κ3) is 4.02. The van der Waals surface area contributed by atoms with E-state index in [0.29, 0.717) is 47.6 Å². The maximum Gasteiger partial charge on any atom is 0.228 e. The van der Waals surface area contributed by atoms with Crippen LogP contribution in [-0.4, -0.2) is 51.1 Å². The summed E-state index contributed by atoms with van der Waals surface area (Å²) in [4.78, 5) is 29.3. The molecule has 2 aliphatic heterocycles. The first kappa shape index (κ1) is 21.3. The molecule has 8 heteroatoms. The molecule has 2 aliphatic rings. The number of methoxy groups -OCH3 is 3. The second-order valence-corrected chi connectivity index (χ2v) is 8.12. The van der Waals surface area contributed by atoms with Gasteiger partial charge in [-0.2, -0.15) is 0 Å². The quantitative estimate of drug-likeness (QED) is 0.707. The van der Waals surface area contributed by atoms with Crippen LogP contribution in [0.1, 0.15) is 17.5 Å². The highest BCUT2D eigenvalue weighted by Gasteiger charge is 2.38. The van der Waals surface area contributed by atoms with Gasteiger partial charge in [0.1, 0.15) is 5.75 Å². The van der Waals surface area contributed by atoms with Gasteiger partial charge in [0.25, 0.3) is 0 Å². The van der Waals surface area contributed by atoms with Crippen LogP contribution in [0.4, 0.5) is 5.69 Å². The van der Waals surface area contributed by atoms with E-state index in [0.717, 1.165) is 17.5 Å². The summed E-state index contributed by atoms with van der Waals surface area (Å²) < 4.78 is 16.0. The SMILES string of the molecule is COc1ccc(N2C[C@@H](C(=O)N3CCc4cc(OC)c(OC)cc4C3)CC2=O)cc1Cl. The van der Waals surface area contributed by atoms with Crippen LogP contribution in [0.2, 0.25) is 5.02 Å². The van der Waals surface area contributed by atoms with Crippen molar-refractivity contribution in [2.45, 2.75) is 19.4 Å². The van der Waals surface area contributed by atoms with Crippen LogP contribution in [-0.2, 0) is 22.6 Å². The monoisotopic (exact) mass is 444 g/mol. The second kappa shape index (κ2) is 8.67. The smallest absolute Gasteiger partial charge is 0.228 e. The molecule has 1 atom stereocenters. The first-order chi connectivity index (χ1) is 14.9. The fourth-order valence-electron chi connectivity index (χ4n) is 4.28. The van der Waals surface area contributed by atoms with Crippen molar-refractivity contribution in [3.05, 3.63) is 46.5 Å². The number of anilines is 1. The summed E-state index contributed by atoms with van der Waals surface area (Å²) in [6.45, 7) is 1.45. The summed E-state index contributed by atoms with van der Waals surface area (Å²) in [6.07, 6.45) is 0.928. The molecule has 1 fully saturated rings. The van der Waals surface area contributed by atoms with E-state index in [-0.39, 0.29) is 24.2 Å². The zero-order chi connectivity index (χ0) is 22.1. The highest BCUT2D eigenvalue weighted by Crippen LogP contribution is 2.35. The average molecular weight is 445 g/mol. The standard InChI is InChI=1S/C23H25ClN2O5/c1-29-19-5-4-17(11-18(19)24)26-13-16(10-22(26)27)23(28)25-7-6-14-8-20(30-2)21(31-3)9-15(14)12-25/h4-5,8-9,11,16H,6-7,10,12-13H2,1-3H3/t16-/m0/s1. The van der Waals surface area contributed by atoms with Crippen LogP contribution in [0.3, 0.4) is 0 Å². The Kier molecular flexibility index (Phi) is 5.96. The Bertz CT molecular complexity index is 1030. The molecule has 0 bridgehead atoms. The van der Waals surface area contributed by atoms with Crippen LogP contribution < -0.4 is 19.1 Å². The molecule has 4 rings (SSSR count). The van der Waals surface area contributed by atoms with E-state index in [1.165, 1.54) is 0 Å². The largest absolute Gasteiger partial charge is 0.495 e. The van der Waals surface area contributed by atoms with Crippen molar-refractivity contribution in [2.75, 3.05) is 39.3 Å². The molecule has 0 aliphatic carbocycles. The van der Waals surface area contributed by atoms with Crippen molar-refractivity contribution in [2.24, 2.45) is 5.92 Å². The van der Waals surface area contributed by atoms with Gasteiger partial charge in [-0.1, -0.05) is 11.6 Å². The lowest BCUT2D eigenvalue weighted by Crippen LogP contribution is -2.40. The van der Waals surface area contributed by atoms with Gasteiger partial charge < -0.3 is 24.0 Å². The minimum Gasteiger partial charge on any atom is -0.495 e. The molecule has 0 unspecified atom stereocenters. The second-order valence-electron chi connectivity index (χ2n) is 7.71. The summed E-state index contributed by atoms with van der Waals surface area (Å²) in [5, 5.41) is 0.430. The van der Waals surface area contributed by atoms with Gasteiger partial charge in [0, 0.05) is 31.7 Å². The fourth-order valence-corrected chi connectivity index (χ4v) is 4.53. The van der Waals surface area contributed by atoms with Crippen LogP contribution in [0.25, 0.3) is 0 Å². The summed E-state index contributed by atoms with van der Waals surface area (Å²) >= 11 is 6.21. The normalized spacial score (nSPS) is 18.1. The molecular weight excluding hydrogens is 420 g/mol. The number of hydrogen-bond acceptors (Lipinski definition) is 5. The van der Waals surface area contributed by atoms with Crippen LogP contribution >= 0.6 is 11.6 Å². The number of carbonyl (C=O) groups is 2. The Balaban J connectivity index is 1.48. The molecular formula is C23H25ClN2O5. The minimum absolute atomic E-state index is 0.00380. The zero-order valence-corrected chi connectivity index (χ0v) is 18.6. The van der Waals surface area contributed by atoms with E-state index >= 15 is 0 Å². The lowest BCUT2D eigenvalue weighted by atomic mass is 9.97. The number of halogens is 1. The molecule has 164 valence electrons. The number of nitrogens with zero attached hydrogens (tertiary/aromatic N) is 2. The number of rotatable bonds is 5. The van der Waals surface area contributed by atoms with E-state index in [2.05, 4.69) is 0 Å². The third-order valence-corrected chi connectivity index (χ3v) is 6.25. The van der Waals surface area contributed by atoms with Crippen LogP contribution in [0, 0.1) is 5.92 Å². The Morgan fingerprint density at radius 2 is 1.68 bits per heavy atom. The average Bonchev–Trinajstić information content (AvgIpc) is 3.18. The molecule has 0 N–H and O–H groups in total. The van der Waals surface area contributed by atoms with Crippen molar-refractivity contribution >= 4 is 29.1 Å². The molecule has 0 aromatic heterocycles. The lowest BCUT2D eigenvalue weighted by Gasteiger charge is -2.31. The van der Waals surface area contributed by atoms with Gasteiger partial charge in [-0.05, 0) is 47.9 Å². The summed E-state index contributed by atoms with van der Waals surface area (Å²) in [5.74, 6) is 1.42. The van der Waals surface area contributed by atoms with Gasteiger partial charge in [0.05, 0.1) is 32.3 Å². The van der Waals surface area contributed by atoms with Crippen LogP contribution in [0.5, 0.6) is 17.2 Å². The molecule has 7 nitrogen and oxygen atoms in total. The third-order valence-electron chi connectivity index (χ3n) is 5.95. The Hall–Kier alpha value is -2.93. The summed E-state index contributed by atoms with van der Waals surface area (Å²) in [5.41, 5.74) is 2.87. The van der Waals surface area contributed by atoms with E-state index < -0.39 is 0 Å². The van der Waals surface area contributed by atoms with Crippen molar-refractivity contribution in [1.82, 2.24) is 4.90 Å². The number of amides is 2.